The summed E-state index contributed by atoms with van der Waals surface area (Å²) in [4.78, 5) is 24.4. The minimum atomic E-state index is -0.104. The van der Waals surface area contributed by atoms with E-state index in [1.807, 2.05) is 18.2 Å². The van der Waals surface area contributed by atoms with E-state index in [4.69, 9.17) is 5.73 Å². The summed E-state index contributed by atoms with van der Waals surface area (Å²) in [5.41, 5.74) is 7.24. The molecule has 0 aliphatic carbocycles. The maximum Gasteiger partial charge on any atom is 0.251 e. The van der Waals surface area contributed by atoms with Gasteiger partial charge in [0.25, 0.3) is 5.91 Å². The molecule has 4 heteroatoms. The lowest BCUT2D eigenvalue weighted by molar-refractivity contribution is 0.0951. The SMILES string of the molecule is NCCCCCCNC(=O)c1ccc(C(=O)c2ccccc2)cc1. The summed E-state index contributed by atoms with van der Waals surface area (Å²) in [5, 5.41) is 2.90. The molecule has 1 amide bonds. The first-order chi connectivity index (χ1) is 11.7. The lowest BCUT2D eigenvalue weighted by Crippen LogP contribution is -2.24. The third-order valence-electron chi connectivity index (χ3n) is 3.86. The van der Waals surface area contributed by atoms with Gasteiger partial charge in [-0.1, -0.05) is 55.3 Å². The highest BCUT2D eigenvalue weighted by Gasteiger charge is 2.10. The van der Waals surface area contributed by atoms with Crippen LogP contribution in [0.5, 0.6) is 0 Å². The van der Waals surface area contributed by atoms with Crippen LogP contribution >= 0.6 is 0 Å². The molecule has 4 nitrogen and oxygen atoms in total. The Kier molecular flexibility index (Phi) is 7.18. The molecule has 0 atom stereocenters. The zero-order chi connectivity index (χ0) is 17.2. The number of ketones is 1. The molecule has 0 saturated carbocycles. The lowest BCUT2D eigenvalue weighted by atomic mass is 10.0. The van der Waals surface area contributed by atoms with Crippen molar-refractivity contribution in [2.24, 2.45) is 5.73 Å². The number of benzene rings is 2. The second kappa shape index (κ2) is 9.63. The van der Waals surface area contributed by atoms with Gasteiger partial charge in [0, 0.05) is 23.2 Å². The number of carbonyl (C=O) groups is 2. The number of nitrogens with two attached hydrogens (primary N) is 1. The third-order valence-corrected chi connectivity index (χ3v) is 3.86. The first-order valence-corrected chi connectivity index (χ1v) is 8.40. The Morgan fingerprint density at radius 3 is 2.00 bits per heavy atom. The molecule has 0 fully saturated rings. The van der Waals surface area contributed by atoms with Gasteiger partial charge in [-0.05, 0) is 31.5 Å². The van der Waals surface area contributed by atoms with Crippen molar-refractivity contribution in [1.82, 2.24) is 5.32 Å². The molecule has 2 aromatic rings. The van der Waals surface area contributed by atoms with Gasteiger partial charge in [-0.3, -0.25) is 9.59 Å². The molecule has 0 aliphatic rings. The third kappa shape index (κ3) is 5.32. The summed E-state index contributed by atoms with van der Waals surface area (Å²) < 4.78 is 0. The van der Waals surface area contributed by atoms with Crippen molar-refractivity contribution in [2.75, 3.05) is 13.1 Å². The molecule has 0 aliphatic heterocycles. The smallest absolute Gasteiger partial charge is 0.251 e. The van der Waals surface area contributed by atoms with E-state index < -0.39 is 0 Å². The number of hydrogen-bond donors (Lipinski definition) is 2. The van der Waals surface area contributed by atoms with E-state index in [9.17, 15) is 9.59 Å². The monoisotopic (exact) mass is 324 g/mol. The van der Waals surface area contributed by atoms with E-state index in [0.29, 0.717) is 23.2 Å². The number of rotatable bonds is 9. The number of nitrogens with one attached hydrogen (secondary N) is 1. The minimum Gasteiger partial charge on any atom is -0.352 e. The van der Waals surface area contributed by atoms with Crippen LogP contribution in [0.4, 0.5) is 0 Å². The van der Waals surface area contributed by atoms with Crippen molar-refractivity contribution in [3.63, 3.8) is 0 Å². The van der Waals surface area contributed by atoms with Crippen LogP contribution in [0, 0.1) is 0 Å². The van der Waals surface area contributed by atoms with Gasteiger partial charge in [-0.25, -0.2) is 0 Å². The molecule has 126 valence electrons. The summed E-state index contributed by atoms with van der Waals surface area (Å²) in [6, 6.07) is 15.9. The van der Waals surface area contributed by atoms with Gasteiger partial charge in [-0.15, -0.1) is 0 Å². The first kappa shape index (κ1) is 17.9. The number of carbonyl (C=O) groups excluding carboxylic acids is 2. The fourth-order valence-electron chi connectivity index (χ4n) is 2.46. The Morgan fingerprint density at radius 1 is 0.750 bits per heavy atom. The van der Waals surface area contributed by atoms with Gasteiger partial charge in [-0.2, -0.15) is 0 Å². The second-order valence-electron chi connectivity index (χ2n) is 5.73. The Morgan fingerprint density at radius 2 is 1.33 bits per heavy atom. The molecule has 2 rings (SSSR count). The molecule has 0 bridgehead atoms. The maximum absolute atomic E-state index is 12.3. The average molecular weight is 324 g/mol. The standard InChI is InChI=1S/C20H24N2O2/c21-14-6-1-2-7-15-22-20(24)18-12-10-17(11-13-18)19(23)16-8-4-3-5-9-16/h3-5,8-13H,1-2,6-7,14-15,21H2,(H,22,24). The van der Waals surface area contributed by atoms with Crippen molar-refractivity contribution in [3.05, 3.63) is 71.3 Å². The van der Waals surface area contributed by atoms with E-state index in [1.165, 1.54) is 0 Å². The molecule has 0 radical (unpaired) electrons. The summed E-state index contributed by atoms with van der Waals surface area (Å²) in [6.07, 6.45) is 4.16. The summed E-state index contributed by atoms with van der Waals surface area (Å²) in [6.45, 7) is 1.38. The Labute approximate surface area is 143 Å². The van der Waals surface area contributed by atoms with Crippen molar-refractivity contribution >= 4 is 11.7 Å². The van der Waals surface area contributed by atoms with E-state index in [-0.39, 0.29) is 11.7 Å². The predicted octanol–water partition coefficient (Wildman–Crippen LogP) is 3.17. The van der Waals surface area contributed by atoms with Crippen molar-refractivity contribution < 1.29 is 9.59 Å². The highest BCUT2D eigenvalue weighted by Crippen LogP contribution is 2.11. The van der Waals surface area contributed by atoms with Gasteiger partial charge in [0.2, 0.25) is 0 Å². The normalized spacial score (nSPS) is 10.4. The molecular weight excluding hydrogens is 300 g/mol. The minimum absolute atomic E-state index is 0.0394. The van der Waals surface area contributed by atoms with Crippen LogP contribution in [0.15, 0.2) is 54.6 Å². The van der Waals surface area contributed by atoms with Crippen molar-refractivity contribution in [1.29, 1.82) is 0 Å². The zero-order valence-electron chi connectivity index (χ0n) is 13.8. The molecule has 0 unspecified atom stereocenters. The molecule has 0 aromatic heterocycles. The van der Waals surface area contributed by atoms with Gasteiger partial charge in [0.15, 0.2) is 5.78 Å². The molecule has 0 heterocycles. The van der Waals surface area contributed by atoms with Crippen molar-refractivity contribution in [2.45, 2.75) is 25.7 Å². The summed E-state index contributed by atoms with van der Waals surface area (Å²) in [5.74, 6) is -0.144. The fraction of sp³-hybridized carbons (Fsp3) is 0.300. The Bertz CT molecular complexity index is 651. The van der Waals surface area contributed by atoms with Gasteiger partial charge in [0.05, 0.1) is 0 Å². The number of unbranched alkanes of at least 4 members (excludes halogenated alkanes) is 3. The van der Waals surface area contributed by atoms with Crippen molar-refractivity contribution in [3.8, 4) is 0 Å². The molecule has 0 spiro atoms. The van der Waals surface area contributed by atoms with Crippen LogP contribution in [0.1, 0.15) is 52.0 Å². The first-order valence-electron chi connectivity index (χ1n) is 8.40. The largest absolute Gasteiger partial charge is 0.352 e. The number of amides is 1. The second-order valence-corrected chi connectivity index (χ2v) is 5.73. The van der Waals surface area contributed by atoms with Gasteiger partial charge in [0.1, 0.15) is 0 Å². The van der Waals surface area contributed by atoms with E-state index in [1.54, 1.807) is 36.4 Å². The van der Waals surface area contributed by atoms with Crippen LogP contribution in [-0.4, -0.2) is 24.8 Å². The highest BCUT2D eigenvalue weighted by atomic mass is 16.1. The van der Waals surface area contributed by atoms with Crippen LogP contribution in [0.25, 0.3) is 0 Å². The molecule has 3 N–H and O–H groups in total. The fourth-order valence-corrected chi connectivity index (χ4v) is 2.46. The predicted molar refractivity (Wildman–Crippen MR) is 96.2 cm³/mol. The summed E-state index contributed by atoms with van der Waals surface area (Å²) >= 11 is 0. The molecule has 2 aromatic carbocycles. The number of hydrogen-bond acceptors (Lipinski definition) is 3. The van der Waals surface area contributed by atoms with E-state index in [0.717, 1.165) is 32.2 Å². The molecular formula is C20H24N2O2. The van der Waals surface area contributed by atoms with E-state index in [2.05, 4.69) is 5.32 Å². The Hall–Kier alpha value is -2.46. The van der Waals surface area contributed by atoms with Crippen LogP contribution in [-0.2, 0) is 0 Å². The Balaban J connectivity index is 1.85. The van der Waals surface area contributed by atoms with Crippen LogP contribution in [0.2, 0.25) is 0 Å². The average Bonchev–Trinajstić information content (AvgIpc) is 2.64. The zero-order valence-corrected chi connectivity index (χ0v) is 13.8. The van der Waals surface area contributed by atoms with Crippen LogP contribution in [0.3, 0.4) is 0 Å². The summed E-state index contributed by atoms with van der Waals surface area (Å²) in [7, 11) is 0. The van der Waals surface area contributed by atoms with Crippen LogP contribution < -0.4 is 11.1 Å². The van der Waals surface area contributed by atoms with Gasteiger partial charge >= 0.3 is 0 Å². The van der Waals surface area contributed by atoms with Gasteiger partial charge < -0.3 is 11.1 Å². The topological polar surface area (TPSA) is 72.2 Å². The molecule has 0 saturated heterocycles. The maximum atomic E-state index is 12.3. The van der Waals surface area contributed by atoms with E-state index >= 15 is 0 Å². The highest BCUT2D eigenvalue weighted by molar-refractivity contribution is 6.09. The molecule has 24 heavy (non-hydrogen) atoms. The quantitative estimate of drug-likeness (QED) is 0.550. The lowest BCUT2D eigenvalue weighted by Gasteiger charge is -2.06.